The van der Waals surface area contributed by atoms with E-state index in [0.717, 1.165) is 16.7 Å². The Morgan fingerprint density at radius 3 is 2.41 bits per heavy atom. The Kier molecular flexibility index (Phi) is 3.45. The highest BCUT2D eigenvalue weighted by Crippen LogP contribution is 2.28. The fraction of sp³-hybridized carbons (Fsp3) is 0.200. The number of aliphatic hydroxyl groups is 1. The molecule has 0 aromatic heterocycles. The molecule has 17 heavy (non-hydrogen) atoms. The number of hydrogen-bond donors (Lipinski definition) is 2. The molecule has 2 heteroatoms. The van der Waals surface area contributed by atoms with Crippen LogP contribution in [0, 0.1) is 0 Å². The van der Waals surface area contributed by atoms with E-state index < -0.39 is 0 Å². The summed E-state index contributed by atoms with van der Waals surface area (Å²) in [5.41, 5.74) is 3.08. The lowest BCUT2D eigenvalue weighted by Gasteiger charge is -2.12. The van der Waals surface area contributed by atoms with E-state index in [1.165, 1.54) is 0 Å². The molecule has 0 saturated carbocycles. The van der Waals surface area contributed by atoms with Crippen LogP contribution in [0.1, 0.15) is 12.5 Å². The SMILES string of the molecule is CC(O)Cc1ccc(O)cc1-c1ccccc1. The van der Waals surface area contributed by atoms with Crippen molar-refractivity contribution in [2.24, 2.45) is 0 Å². The summed E-state index contributed by atoms with van der Waals surface area (Å²) >= 11 is 0. The quantitative estimate of drug-likeness (QED) is 0.847. The van der Waals surface area contributed by atoms with Crippen molar-refractivity contribution in [3.8, 4) is 16.9 Å². The minimum atomic E-state index is -0.387. The average molecular weight is 228 g/mol. The lowest BCUT2D eigenvalue weighted by Crippen LogP contribution is -2.05. The van der Waals surface area contributed by atoms with E-state index in [0.29, 0.717) is 6.42 Å². The van der Waals surface area contributed by atoms with Gasteiger partial charge >= 0.3 is 0 Å². The zero-order valence-electron chi connectivity index (χ0n) is 9.80. The Hall–Kier alpha value is -1.80. The third-order valence-electron chi connectivity index (χ3n) is 2.69. The number of hydrogen-bond acceptors (Lipinski definition) is 2. The summed E-state index contributed by atoms with van der Waals surface area (Å²) in [6.07, 6.45) is 0.201. The lowest BCUT2D eigenvalue weighted by atomic mass is 9.96. The first-order valence-electron chi connectivity index (χ1n) is 5.72. The molecule has 0 aliphatic heterocycles. The second kappa shape index (κ2) is 5.02. The molecule has 2 aromatic carbocycles. The fourth-order valence-electron chi connectivity index (χ4n) is 1.95. The van der Waals surface area contributed by atoms with Gasteiger partial charge in [0.1, 0.15) is 5.75 Å². The Morgan fingerprint density at radius 2 is 1.76 bits per heavy atom. The van der Waals surface area contributed by atoms with Crippen molar-refractivity contribution in [2.45, 2.75) is 19.4 Å². The van der Waals surface area contributed by atoms with E-state index in [-0.39, 0.29) is 11.9 Å². The monoisotopic (exact) mass is 228 g/mol. The van der Waals surface area contributed by atoms with Crippen molar-refractivity contribution in [3.05, 3.63) is 54.1 Å². The van der Waals surface area contributed by atoms with Gasteiger partial charge < -0.3 is 10.2 Å². The summed E-state index contributed by atoms with van der Waals surface area (Å²) in [6, 6.07) is 15.2. The van der Waals surface area contributed by atoms with E-state index in [1.807, 2.05) is 36.4 Å². The van der Waals surface area contributed by atoms with E-state index >= 15 is 0 Å². The van der Waals surface area contributed by atoms with Gasteiger partial charge in [0.05, 0.1) is 6.10 Å². The van der Waals surface area contributed by atoms with E-state index in [2.05, 4.69) is 0 Å². The summed E-state index contributed by atoms with van der Waals surface area (Å²) in [5, 5.41) is 19.1. The van der Waals surface area contributed by atoms with Crippen LogP contribution < -0.4 is 0 Å². The smallest absolute Gasteiger partial charge is 0.116 e. The highest BCUT2D eigenvalue weighted by molar-refractivity contribution is 5.69. The maximum atomic E-state index is 9.57. The molecule has 0 bridgehead atoms. The predicted molar refractivity (Wildman–Crippen MR) is 68.9 cm³/mol. The number of benzene rings is 2. The molecular formula is C15H16O2. The minimum Gasteiger partial charge on any atom is -0.508 e. The average Bonchev–Trinajstić information content (AvgIpc) is 2.32. The highest BCUT2D eigenvalue weighted by Gasteiger charge is 2.08. The van der Waals surface area contributed by atoms with Crippen LogP contribution in [0.5, 0.6) is 5.75 Å². The molecule has 2 aromatic rings. The molecule has 2 rings (SSSR count). The summed E-state index contributed by atoms with van der Waals surface area (Å²) in [6.45, 7) is 1.77. The van der Waals surface area contributed by atoms with Crippen molar-refractivity contribution < 1.29 is 10.2 Å². The Labute approximate surface area is 101 Å². The lowest BCUT2D eigenvalue weighted by molar-refractivity contribution is 0.195. The van der Waals surface area contributed by atoms with Crippen LogP contribution in [0.15, 0.2) is 48.5 Å². The third-order valence-corrected chi connectivity index (χ3v) is 2.69. The van der Waals surface area contributed by atoms with Gasteiger partial charge in [0.2, 0.25) is 0 Å². The van der Waals surface area contributed by atoms with Gasteiger partial charge in [-0.15, -0.1) is 0 Å². The van der Waals surface area contributed by atoms with Crippen LogP contribution in [0.4, 0.5) is 0 Å². The summed E-state index contributed by atoms with van der Waals surface area (Å²) in [5.74, 6) is 0.248. The van der Waals surface area contributed by atoms with Crippen molar-refractivity contribution in [3.63, 3.8) is 0 Å². The largest absolute Gasteiger partial charge is 0.508 e. The Morgan fingerprint density at radius 1 is 1.06 bits per heavy atom. The molecule has 0 aliphatic carbocycles. The fourth-order valence-corrected chi connectivity index (χ4v) is 1.95. The molecule has 0 amide bonds. The van der Waals surface area contributed by atoms with E-state index in [4.69, 9.17) is 0 Å². The topological polar surface area (TPSA) is 40.5 Å². The van der Waals surface area contributed by atoms with Gasteiger partial charge in [-0.2, -0.15) is 0 Å². The molecule has 1 unspecified atom stereocenters. The molecule has 0 saturated heterocycles. The third kappa shape index (κ3) is 2.86. The van der Waals surface area contributed by atoms with Gasteiger partial charge in [0, 0.05) is 0 Å². The molecule has 0 radical (unpaired) electrons. The van der Waals surface area contributed by atoms with Gasteiger partial charge in [-0.3, -0.25) is 0 Å². The van der Waals surface area contributed by atoms with Gasteiger partial charge in [-0.25, -0.2) is 0 Å². The standard InChI is InChI=1S/C15H16O2/c1-11(16)9-13-7-8-14(17)10-15(13)12-5-3-2-4-6-12/h2-8,10-11,16-17H,9H2,1H3. The number of rotatable bonds is 3. The molecule has 0 fully saturated rings. The molecule has 0 aliphatic rings. The van der Waals surface area contributed by atoms with Gasteiger partial charge in [0.15, 0.2) is 0 Å². The number of phenols is 1. The van der Waals surface area contributed by atoms with Crippen LogP contribution in [0.3, 0.4) is 0 Å². The molecular weight excluding hydrogens is 212 g/mol. The van der Waals surface area contributed by atoms with Crippen molar-refractivity contribution >= 4 is 0 Å². The molecule has 0 spiro atoms. The molecule has 88 valence electrons. The van der Waals surface area contributed by atoms with Crippen LogP contribution in [-0.4, -0.2) is 16.3 Å². The minimum absolute atomic E-state index is 0.248. The summed E-state index contributed by atoms with van der Waals surface area (Å²) in [7, 11) is 0. The molecule has 2 N–H and O–H groups in total. The predicted octanol–water partition coefficient (Wildman–Crippen LogP) is 2.98. The summed E-state index contributed by atoms with van der Waals surface area (Å²) < 4.78 is 0. The molecule has 2 nitrogen and oxygen atoms in total. The maximum Gasteiger partial charge on any atom is 0.116 e. The second-order valence-electron chi connectivity index (χ2n) is 4.26. The van der Waals surface area contributed by atoms with E-state index in [1.54, 1.807) is 19.1 Å². The zero-order chi connectivity index (χ0) is 12.3. The first-order valence-corrected chi connectivity index (χ1v) is 5.72. The first kappa shape index (κ1) is 11.7. The molecule has 0 heterocycles. The highest BCUT2D eigenvalue weighted by atomic mass is 16.3. The Bertz CT molecular complexity index is 490. The Balaban J connectivity index is 2.47. The van der Waals surface area contributed by atoms with Crippen molar-refractivity contribution in [1.82, 2.24) is 0 Å². The summed E-state index contributed by atoms with van der Waals surface area (Å²) in [4.78, 5) is 0. The van der Waals surface area contributed by atoms with Gasteiger partial charge in [-0.05, 0) is 42.2 Å². The van der Waals surface area contributed by atoms with Crippen LogP contribution >= 0.6 is 0 Å². The van der Waals surface area contributed by atoms with Crippen LogP contribution in [-0.2, 0) is 6.42 Å². The van der Waals surface area contributed by atoms with Crippen molar-refractivity contribution in [1.29, 1.82) is 0 Å². The second-order valence-corrected chi connectivity index (χ2v) is 4.26. The first-order chi connectivity index (χ1) is 8.16. The van der Waals surface area contributed by atoms with Crippen LogP contribution in [0.25, 0.3) is 11.1 Å². The maximum absolute atomic E-state index is 9.57. The zero-order valence-corrected chi connectivity index (χ0v) is 9.80. The number of aliphatic hydroxyl groups excluding tert-OH is 1. The number of phenolic OH excluding ortho intramolecular Hbond substituents is 1. The van der Waals surface area contributed by atoms with Crippen LogP contribution in [0.2, 0.25) is 0 Å². The van der Waals surface area contributed by atoms with Crippen molar-refractivity contribution in [2.75, 3.05) is 0 Å². The molecule has 1 atom stereocenters. The van der Waals surface area contributed by atoms with Gasteiger partial charge in [-0.1, -0.05) is 36.4 Å². The van der Waals surface area contributed by atoms with Gasteiger partial charge in [0.25, 0.3) is 0 Å². The number of aromatic hydroxyl groups is 1. The van der Waals surface area contributed by atoms with E-state index in [9.17, 15) is 10.2 Å². The normalized spacial score (nSPS) is 12.4.